The molecule has 4 aromatic carbocycles. The van der Waals surface area contributed by atoms with Gasteiger partial charge in [0.05, 0.1) is 24.5 Å². The van der Waals surface area contributed by atoms with Gasteiger partial charge in [0, 0.05) is 53.5 Å². The standard InChI is InChI=1S/2C21H18F2N4O2S.C2H6.4H2/c2*1-13(15-6-2-3-7-16(15)22)19-17(23)8-9-18-20(19)26-21(27-30(18,28)29)25-12-14-5-4-10-24-11-14;1-2;;;;/h2*2-11,13H,12H2,1H3,(H2,25,26,27);1-2H3;4*1H/t13-;;;;;;/m0....../s1. The van der Waals surface area contributed by atoms with Gasteiger partial charge < -0.3 is 10.6 Å². The predicted molar refractivity (Wildman–Crippen MR) is 239 cm³/mol. The lowest BCUT2D eigenvalue weighted by atomic mass is 9.91. The molecule has 0 amide bonds. The highest BCUT2D eigenvalue weighted by atomic mass is 32.2. The van der Waals surface area contributed by atoms with Crippen molar-refractivity contribution in [3.8, 4) is 0 Å². The lowest BCUT2D eigenvalue weighted by Crippen LogP contribution is -2.41. The third-order valence-corrected chi connectivity index (χ3v) is 12.5. The van der Waals surface area contributed by atoms with Crippen LogP contribution in [0.15, 0.2) is 142 Å². The smallest absolute Gasteiger partial charge is 0.266 e. The Labute approximate surface area is 363 Å². The van der Waals surface area contributed by atoms with E-state index in [2.05, 4.69) is 40.0 Å². The van der Waals surface area contributed by atoms with E-state index in [1.165, 1.54) is 36.4 Å². The number of benzene rings is 4. The molecule has 4 N–H and O–H groups in total. The summed E-state index contributed by atoms with van der Waals surface area (Å²) in [6.07, 6.45) is 6.46. The van der Waals surface area contributed by atoms with Crippen molar-refractivity contribution in [2.75, 3.05) is 10.6 Å². The summed E-state index contributed by atoms with van der Waals surface area (Å²) >= 11 is 0. The number of pyridine rings is 2. The number of nitrogens with one attached hydrogen (secondary N) is 4. The minimum atomic E-state index is -3.98. The topological polar surface area (TPSA) is 167 Å². The van der Waals surface area contributed by atoms with Gasteiger partial charge in [-0.25, -0.2) is 53.8 Å². The molecule has 18 heteroatoms. The van der Waals surface area contributed by atoms with E-state index >= 15 is 0 Å². The Kier molecular flexibility index (Phi) is 14.0. The molecule has 0 bridgehead atoms. The van der Waals surface area contributed by atoms with Crippen LogP contribution in [0.3, 0.4) is 0 Å². The fourth-order valence-corrected chi connectivity index (χ4v) is 9.10. The first kappa shape index (κ1) is 44.9. The van der Waals surface area contributed by atoms with Crippen LogP contribution in [0.5, 0.6) is 0 Å². The molecule has 0 aliphatic carbocycles. The predicted octanol–water partition coefficient (Wildman–Crippen LogP) is 9.55. The first-order valence-electron chi connectivity index (χ1n) is 19.3. The van der Waals surface area contributed by atoms with Crippen molar-refractivity contribution in [2.45, 2.75) is 62.4 Å². The maximum absolute atomic E-state index is 14.8. The fourth-order valence-electron chi connectivity index (χ4n) is 6.78. The van der Waals surface area contributed by atoms with Crippen LogP contribution in [-0.4, -0.2) is 38.7 Å². The van der Waals surface area contributed by atoms with E-state index in [1.807, 2.05) is 13.8 Å². The number of rotatable bonds is 8. The van der Waals surface area contributed by atoms with Crippen molar-refractivity contribution in [1.29, 1.82) is 0 Å². The van der Waals surface area contributed by atoms with E-state index < -0.39 is 55.2 Å². The fraction of sp³-hybridized carbons (Fsp3) is 0.182. The molecule has 8 rings (SSSR count). The van der Waals surface area contributed by atoms with Gasteiger partial charge in [-0.15, -0.1) is 0 Å². The zero-order valence-electron chi connectivity index (χ0n) is 33.9. The molecule has 0 saturated heterocycles. The Morgan fingerprint density at radius 3 is 1.29 bits per heavy atom. The summed E-state index contributed by atoms with van der Waals surface area (Å²) in [5, 5.41) is 5.76. The number of guanidine groups is 2. The van der Waals surface area contributed by atoms with E-state index in [4.69, 9.17) is 0 Å². The number of halogens is 4. The molecule has 0 fully saturated rings. The molecule has 6 aromatic rings. The van der Waals surface area contributed by atoms with Crippen molar-refractivity contribution in [2.24, 2.45) is 9.98 Å². The zero-order chi connectivity index (χ0) is 44.6. The van der Waals surface area contributed by atoms with Crippen LogP contribution in [0.2, 0.25) is 0 Å². The highest BCUT2D eigenvalue weighted by Crippen LogP contribution is 2.40. The average molecular weight is 895 g/mol. The molecular weight excluding hydrogens is 845 g/mol. The van der Waals surface area contributed by atoms with Gasteiger partial charge in [0.25, 0.3) is 20.0 Å². The Bertz CT molecular complexity index is 2680. The first-order valence-corrected chi connectivity index (χ1v) is 22.3. The lowest BCUT2D eigenvalue weighted by Gasteiger charge is -2.26. The Morgan fingerprint density at radius 2 is 0.935 bits per heavy atom. The number of anilines is 2. The van der Waals surface area contributed by atoms with Gasteiger partial charge in [-0.1, -0.05) is 76.2 Å². The minimum Gasteiger partial charge on any atom is -0.324 e. The number of aliphatic imine (C=N–C) groups is 2. The molecule has 62 heavy (non-hydrogen) atoms. The van der Waals surface area contributed by atoms with Crippen molar-refractivity contribution >= 4 is 43.3 Å². The van der Waals surface area contributed by atoms with E-state index in [9.17, 15) is 34.4 Å². The second-order valence-corrected chi connectivity index (χ2v) is 17.0. The summed E-state index contributed by atoms with van der Waals surface area (Å²) in [4.78, 5) is 16.2. The van der Waals surface area contributed by atoms with E-state index in [0.717, 1.165) is 23.3 Å². The van der Waals surface area contributed by atoms with Crippen molar-refractivity contribution in [3.05, 3.63) is 178 Å². The van der Waals surface area contributed by atoms with Gasteiger partial charge in [0.15, 0.2) is 0 Å². The van der Waals surface area contributed by atoms with Crippen LogP contribution in [0.4, 0.5) is 28.9 Å². The second kappa shape index (κ2) is 19.4. The number of hydrogen-bond acceptors (Lipinski definition) is 8. The van der Waals surface area contributed by atoms with Gasteiger partial charge in [-0.3, -0.25) is 9.97 Å². The highest BCUT2D eigenvalue weighted by molar-refractivity contribution is 7.90. The summed E-state index contributed by atoms with van der Waals surface area (Å²) in [6, 6.07) is 23.6. The van der Waals surface area contributed by atoms with Gasteiger partial charge in [-0.05, 0) is 70.8 Å². The molecule has 0 radical (unpaired) electrons. The van der Waals surface area contributed by atoms with E-state index in [1.54, 1.807) is 87.2 Å². The molecule has 2 aliphatic heterocycles. The number of hydrogen-bond donors (Lipinski definition) is 4. The number of fused-ring (bicyclic) bond motifs is 2. The Balaban J connectivity index is 0.000000413. The quantitative estimate of drug-likeness (QED) is 0.110. The zero-order valence-corrected chi connectivity index (χ0v) is 35.5. The van der Waals surface area contributed by atoms with Crippen LogP contribution < -0.4 is 20.1 Å². The lowest BCUT2D eigenvalue weighted by molar-refractivity contribution is 0.575. The molecule has 2 atom stereocenters. The number of aromatic nitrogens is 2. The van der Waals surface area contributed by atoms with Crippen molar-refractivity contribution in [1.82, 2.24) is 19.4 Å². The summed E-state index contributed by atoms with van der Waals surface area (Å²) in [5.41, 5.74) is 2.28. The van der Waals surface area contributed by atoms with Crippen LogP contribution in [0.1, 0.15) is 78.6 Å². The largest absolute Gasteiger partial charge is 0.324 e. The van der Waals surface area contributed by atoms with Gasteiger partial charge in [0.1, 0.15) is 33.1 Å². The number of nitrogens with zero attached hydrogens (tertiary/aromatic N) is 4. The molecule has 0 spiro atoms. The maximum atomic E-state index is 14.8. The molecule has 1 unspecified atom stereocenters. The van der Waals surface area contributed by atoms with Crippen LogP contribution in [-0.2, 0) is 33.1 Å². The summed E-state index contributed by atoms with van der Waals surface area (Å²) in [7, 11) is -7.96. The third kappa shape index (κ3) is 9.92. The molecule has 2 aliphatic rings. The molecule has 0 saturated carbocycles. The Morgan fingerprint density at radius 1 is 0.548 bits per heavy atom. The van der Waals surface area contributed by atoms with Crippen LogP contribution in [0, 0.1) is 23.3 Å². The van der Waals surface area contributed by atoms with E-state index in [-0.39, 0.29) is 74.1 Å². The van der Waals surface area contributed by atoms with Gasteiger partial charge in [-0.2, -0.15) is 0 Å². The van der Waals surface area contributed by atoms with Crippen LogP contribution >= 0.6 is 0 Å². The summed E-state index contributed by atoms with van der Waals surface area (Å²) < 4.78 is 114. The summed E-state index contributed by atoms with van der Waals surface area (Å²) in [5.74, 6) is -3.82. The molecule has 4 heterocycles. The van der Waals surface area contributed by atoms with Crippen LogP contribution in [0.25, 0.3) is 0 Å². The Hall–Kier alpha value is -6.66. The third-order valence-electron chi connectivity index (χ3n) is 9.73. The van der Waals surface area contributed by atoms with Crippen molar-refractivity contribution < 1.29 is 40.1 Å². The summed E-state index contributed by atoms with van der Waals surface area (Å²) in [6.45, 7) is 7.59. The molecular formula is C44H50F4N8O4S2. The normalized spacial score (nSPS) is 16.5. The molecule has 330 valence electrons. The SMILES string of the molecule is CC.CC(c1ccccc1F)c1c(F)ccc2c1NC(=NCc1cccnc1)NS2(=O)=O.C[C@@H](c1ccccc1F)c1c(F)ccc2c1NC(=NCc1cccnc1)NS2(=O)=O.[HH].[HH].[HH].[HH]. The number of sulfonamides is 2. The van der Waals surface area contributed by atoms with E-state index in [0.29, 0.717) is 0 Å². The second-order valence-electron chi connectivity index (χ2n) is 13.7. The monoisotopic (exact) mass is 894 g/mol. The van der Waals surface area contributed by atoms with Gasteiger partial charge in [0.2, 0.25) is 11.9 Å². The molecule has 12 nitrogen and oxygen atoms in total. The highest BCUT2D eigenvalue weighted by Gasteiger charge is 2.34. The average Bonchev–Trinajstić information content (AvgIpc) is 3.26. The van der Waals surface area contributed by atoms with Gasteiger partial charge >= 0.3 is 0 Å². The van der Waals surface area contributed by atoms with Crippen molar-refractivity contribution in [3.63, 3.8) is 0 Å². The molecule has 2 aromatic heterocycles. The maximum Gasteiger partial charge on any atom is 0.266 e. The minimum absolute atomic E-state index is 0. The first-order chi connectivity index (χ1) is 29.7.